The zero-order valence-electron chi connectivity index (χ0n) is 9.96. The fraction of sp³-hybridized carbons (Fsp3) is 0.143. The number of benzene rings is 2. The third-order valence-electron chi connectivity index (χ3n) is 2.72. The van der Waals surface area contributed by atoms with E-state index in [1.807, 2.05) is 6.07 Å². The molecule has 0 amide bonds. The predicted molar refractivity (Wildman–Crippen MR) is 80.2 cm³/mol. The Kier molecular flexibility index (Phi) is 4.71. The molecule has 0 N–H and O–H groups in total. The summed E-state index contributed by atoms with van der Waals surface area (Å²) in [4.78, 5) is -0.237. The Labute approximate surface area is 129 Å². The molecular formula is C14H10BrCl2FO. The van der Waals surface area contributed by atoms with Gasteiger partial charge in [0.2, 0.25) is 0 Å². The summed E-state index contributed by atoms with van der Waals surface area (Å²) in [6.45, 7) is 0. The Morgan fingerprint density at radius 3 is 2.58 bits per heavy atom. The molecule has 5 heteroatoms. The molecule has 0 saturated heterocycles. The fourth-order valence-corrected chi connectivity index (χ4v) is 3.04. The van der Waals surface area contributed by atoms with E-state index in [9.17, 15) is 4.39 Å². The van der Waals surface area contributed by atoms with Crippen LogP contribution in [0, 0.1) is 5.82 Å². The Bertz CT molecular complexity index is 604. The van der Waals surface area contributed by atoms with Crippen molar-refractivity contribution >= 4 is 39.1 Å². The number of ether oxygens (including phenoxy) is 1. The fourth-order valence-electron chi connectivity index (χ4n) is 1.74. The molecule has 1 nitrogen and oxygen atoms in total. The first kappa shape index (κ1) is 14.6. The molecule has 0 saturated carbocycles. The summed E-state index contributed by atoms with van der Waals surface area (Å²) in [7, 11) is 1.55. The predicted octanol–water partition coefficient (Wildman–Crippen LogP) is 5.63. The second-order valence-corrected chi connectivity index (χ2v) is 5.60. The lowest BCUT2D eigenvalue weighted by atomic mass is 10.0. The largest absolute Gasteiger partial charge is 0.495 e. The molecule has 0 aliphatic heterocycles. The summed E-state index contributed by atoms with van der Waals surface area (Å²) in [5, 5.41) is 0.605. The Hall–Kier alpha value is -0.770. The topological polar surface area (TPSA) is 9.23 Å². The van der Waals surface area contributed by atoms with E-state index in [0.29, 0.717) is 16.3 Å². The van der Waals surface area contributed by atoms with Crippen molar-refractivity contribution in [3.8, 4) is 5.75 Å². The van der Waals surface area contributed by atoms with E-state index in [1.165, 1.54) is 6.07 Å². The van der Waals surface area contributed by atoms with Crippen LogP contribution in [0.5, 0.6) is 5.75 Å². The van der Waals surface area contributed by atoms with Crippen molar-refractivity contribution in [3.05, 3.63) is 63.4 Å². The maximum Gasteiger partial charge on any atom is 0.142 e. The molecule has 1 atom stereocenters. The van der Waals surface area contributed by atoms with E-state index in [0.717, 1.165) is 5.56 Å². The van der Waals surface area contributed by atoms with Gasteiger partial charge in [-0.25, -0.2) is 4.39 Å². The average molecular weight is 364 g/mol. The molecule has 2 rings (SSSR count). The van der Waals surface area contributed by atoms with Crippen LogP contribution in [-0.4, -0.2) is 7.11 Å². The van der Waals surface area contributed by atoms with Gasteiger partial charge in [-0.3, -0.25) is 0 Å². The van der Waals surface area contributed by atoms with Crippen molar-refractivity contribution in [1.29, 1.82) is 0 Å². The standard InChI is InChI=1S/C14H10BrCl2FO/c1-19-12-6-5-8(7-10(12)16)13(15)9-3-2-4-11(18)14(9)17/h2-7,13H,1H3. The minimum atomic E-state index is -0.441. The molecule has 0 heterocycles. The number of methoxy groups -OCH3 is 1. The van der Waals surface area contributed by atoms with Gasteiger partial charge >= 0.3 is 0 Å². The third kappa shape index (κ3) is 3.04. The van der Waals surface area contributed by atoms with Gasteiger partial charge in [0.15, 0.2) is 0 Å². The summed E-state index contributed by atoms with van der Waals surface area (Å²) in [5.74, 6) is 0.152. The zero-order valence-corrected chi connectivity index (χ0v) is 13.1. The van der Waals surface area contributed by atoms with Crippen molar-refractivity contribution in [2.45, 2.75) is 4.83 Å². The van der Waals surface area contributed by atoms with Gasteiger partial charge in [-0.15, -0.1) is 0 Å². The molecule has 0 radical (unpaired) electrons. The van der Waals surface area contributed by atoms with Crippen LogP contribution in [0.3, 0.4) is 0 Å². The summed E-state index contributed by atoms with van der Waals surface area (Å²) in [5.41, 5.74) is 1.53. The van der Waals surface area contributed by atoms with Gasteiger partial charge in [0.25, 0.3) is 0 Å². The summed E-state index contributed by atoms with van der Waals surface area (Å²) in [6, 6.07) is 10.1. The molecular weight excluding hydrogens is 354 g/mol. The van der Waals surface area contributed by atoms with E-state index >= 15 is 0 Å². The summed E-state index contributed by atoms with van der Waals surface area (Å²) < 4.78 is 18.5. The van der Waals surface area contributed by atoms with Crippen LogP contribution in [0.2, 0.25) is 10.0 Å². The van der Waals surface area contributed by atoms with Crippen LogP contribution in [-0.2, 0) is 0 Å². The first-order chi connectivity index (χ1) is 9.04. The molecule has 0 aromatic heterocycles. The smallest absolute Gasteiger partial charge is 0.142 e. The van der Waals surface area contributed by atoms with Crippen LogP contribution in [0.4, 0.5) is 4.39 Å². The minimum absolute atomic E-state index is 0.108. The van der Waals surface area contributed by atoms with Gasteiger partial charge in [-0.1, -0.05) is 57.3 Å². The Balaban J connectivity index is 2.41. The molecule has 1 unspecified atom stereocenters. The minimum Gasteiger partial charge on any atom is -0.495 e. The van der Waals surface area contributed by atoms with E-state index in [2.05, 4.69) is 15.9 Å². The molecule has 0 bridgehead atoms. The SMILES string of the molecule is COc1ccc(C(Br)c2cccc(F)c2Cl)cc1Cl. The Morgan fingerprint density at radius 2 is 1.95 bits per heavy atom. The third-order valence-corrected chi connectivity index (χ3v) is 4.44. The maximum absolute atomic E-state index is 13.5. The molecule has 100 valence electrons. The van der Waals surface area contributed by atoms with Crippen molar-refractivity contribution in [3.63, 3.8) is 0 Å². The van der Waals surface area contributed by atoms with Crippen LogP contribution in [0.25, 0.3) is 0 Å². The van der Waals surface area contributed by atoms with Crippen molar-refractivity contribution in [2.24, 2.45) is 0 Å². The first-order valence-corrected chi connectivity index (χ1v) is 7.13. The lowest BCUT2D eigenvalue weighted by molar-refractivity contribution is 0.415. The average Bonchev–Trinajstić information content (AvgIpc) is 2.41. The van der Waals surface area contributed by atoms with E-state index in [4.69, 9.17) is 27.9 Å². The van der Waals surface area contributed by atoms with Gasteiger partial charge < -0.3 is 4.74 Å². The number of alkyl halides is 1. The van der Waals surface area contributed by atoms with Gasteiger partial charge in [-0.2, -0.15) is 0 Å². The van der Waals surface area contributed by atoms with E-state index in [-0.39, 0.29) is 9.85 Å². The monoisotopic (exact) mass is 362 g/mol. The highest BCUT2D eigenvalue weighted by molar-refractivity contribution is 9.09. The number of hydrogen-bond donors (Lipinski definition) is 0. The Morgan fingerprint density at radius 1 is 1.21 bits per heavy atom. The highest BCUT2D eigenvalue weighted by Crippen LogP contribution is 2.38. The van der Waals surface area contributed by atoms with E-state index in [1.54, 1.807) is 31.4 Å². The van der Waals surface area contributed by atoms with Crippen LogP contribution < -0.4 is 4.74 Å². The number of halogens is 4. The van der Waals surface area contributed by atoms with Crippen molar-refractivity contribution in [2.75, 3.05) is 7.11 Å². The van der Waals surface area contributed by atoms with Gasteiger partial charge in [0.05, 0.1) is 22.0 Å². The van der Waals surface area contributed by atoms with Gasteiger partial charge in [0, 0.05) is 0 Å². The quantitative estimate of drug-likeness (QED) is 0.642. The molecule has 0 fully saturated rings. The second kappa shape index (κ2) is 6.12. The molecule has 2 aromatic rings. The van der Waals surface area contributed by atoms with Gasteiger partial charge in [-0.05, 0) is 29.3 Å². The van der Waals surface area contributed by atoms with Crippen molar-refractivity contribution < 1.29 is 9.13 Å². The molecule has 0 aliphatic rings. The zero-order chi connectivity index (χ0) is 14.0. The van der Waals surface area contributed by atoms with Crippen LogP contribution in [0.15, 0.2) is 36.4 Å². The van der Waals surface area contributed by atoms with Gasteiger partial charge in [0.1, 0.15) is 11.6 Å². The van der Waals surface area contributed by atoms with Crippen LogP contribution in [0.1, 0.15) is 16.0 Å². The lowest BCUT2D eigenvalue weighted by Gasteiger charge is -2.14. The highest BCUT2D eigenvalue weighted by atomic mass is 79.9. The summed E-state index contributed by atoms with van der Waals surface area (Å²) in [6.07, 6.45) is 0. The van der Waals surface area contributed by atoms with Crippen molar-refractivity contribution in [1.82, 2.24) is 0 Å². The molecule has 19 heavy (non-hydrogen) atoms. The van der Waals surface area contributed by atoms with E-state index < -0.39 is 5.82 Å². The highest BCUT2D eigenvalue weighted by Gasteiger charge is 2.17. The maximum atomic E-state index is 13.5. The summed E-state index contributed by atoms with van der Waals surface area (Å²) >= 11 is 15.6. The second-order valence-electron chi connectivity index (χ2n) is 3.90. The number of hydrogen-bond acceptors (Lipinski definition) is 1. The molecule has 2 aromatic carbocycles. The number of rotatable bonds is 3. The molecule has 0 aliphatic carbocycles. The van der Waals surface area contributed by atoms with Crippen LogP contribution >= 0.6 is 39.1 Å². The normalized spacial score (nSPS) is 12.3. The lowest BCUT2D eigenvalue weighted by Crippen LogP contribution is -1.96. The first-order valence-electron chi connectivity index (χ1n) is 5.46. The molecule has 0 spiro atoms.